The van der Waals surface area contributed by atoms with Gasteiger partial charge in [-0.15, -0.1) is 0 Å². The summed E-state index contributed by atoms with van der Waals surface area (Å²) < 4.78 is 5.59. The molecule has 138 valence electrons. The van der Waals surface area contributed by atoms with Crippen LogP contribution in [0.3, 0.4) is 0 Å². The van der Waals surface area contributed by atoms with Gasteiger partial charge < -0.3 is 20.3 Å². The van der Waals surface area contributed by atoms with Gasteiger partial charge in [0.1, 0.15) is 5.75 Å². The predicted octanol–water partition coefficient (Wildman–Crippen LogP) is 1.42. The normalized spacial score (nSPS) is 17.2. The average Bonchev–Trinajstić information content (AvgIpc) is 2.66. The fourth-order valence-electron chi connectivity index (χ4n) is 2.97. The van der Waals surface area contributed by atoms with Crippen molar-refractivity contribution < 1.29 is 14.3 Å². The van der Waals surface area contributed by atoms with Gasteiger partial charge in [-0.1, -0.05) is 18.2 Å². The van der Waals surface area contributed by atoms with Crippen molar-refractivity contribution in [2.75, 3.05) is 39.8 Å². The second-order valence-corrected chi connectivity index (χ2v) is 6.34. The Kier molecular flexibility index (Phi) is 8.25. The van der Waals surface area contributed by atoms with Crippen molar-refractivity contribution in [3.8, 4) is 5.75 Å². The Balaban J connectivity index is 1.70. The van der Waals surface area contributed by atoms with Gasteiger partial charge in [0.05, 0.1) is 18.9 Å². The number of piperidine rings is 1. The Morgan fingerprint density at radius 1 is 1.24 bits per heavy atom. The Morgan fingerprint density at radius 3 is 2.80 bits per heavy atom. The summed E-state index contributed by atoms with van der Waals surface area (Å²) in [5, 5.41) is 6.03. The average molecular weight is 347 g/mol. The van der Waals surface area contributed by atoms with E-state index < -0.39 is 0 Å². The minimum Gasteiger partial charge on any atom is -0.493 e. The van der Waals surface area contributed by atoms with Gasteiger partial charge in [-0.25, -0.2) is 0 Å². The molecule has 2 rings (SSSR count). The highest BCUT2D eigenvalue weighted by Crippen LogP contribution is 2.17. The number of carbonyl (C=O) groups excluding carboxylic acids is 2. The van der Waals surface area contributed by atoms with Crippen LogP contribution in [-0.4, -0.2) is 56.5 Å². The van der Waals surface area contributed by atoms with Crippen molar-refractivity contribution in [2.24, 2.45) is 5.92 Å². The molecule has 2 amide bonds. The van der Waals surface area contributed by atoms with E-state index in [0.29, 0.717) is 26.1 Å². The van der Waals surface area contributed by atoms with Gasteiger partial charge in [0.15, 0.2) is 0 Å². The van der Waals surface area contributed by atoms with Crippen LogP contribution in [0.25, 0.3) is 0 Å². The number of ether oxygens (including phenoxy) is 1. The van der Waals surface area contributed by atoms with E-state index in [2.05, 4.69) is 10.6 Å². The summed E-state index contributed by atoms with van der Waals surface area (Å²) in [4.78, 5) is 26.4. The maximum atomic E-state index is 12.4. The topological polar surface area (TPSA) is 70.7 Å². The van der Waals surface area contributed by atoms with Crippen molar-refractivity contribution in [1.29, 1.82) is 0 Å². The molecule has 0 radical (unpaired) electrons. The van der Waals surface area contributed by atoms with Crippen LogP contribution in [0.15, 0.2) is 30.3 Å². The Hall–Kier alpha value is -2.08. The Bertz CT molecular complexity index is 536. The molecule has 6 heteroatoms. The van der Waals surface area contributed by atoms with Crippen LogP contribution >= 0.6 is 0 Å². The number of likely N-dealkylation sites (tertiary alicyclic amines) is 1. The van der Waals surface area contributed by atoms with Crippen LogP contribution in [0.4, 0.5) is 0 Å². The van der Waals surface area contributed by atoms with E-state index in [0.717, 1.165) is 38.1 Å². The highest BCUT2D eigenvalue weighted by Gasteiger charge is 2.27. The molecule has 6 nitrogen and oxygen atoms in total. The Labute approximate surface area is 149 Å². The molecular formula is C19H29N3O3. The highest BCUT2D eigenvalue weighted by molar-refractivity contribution is 5.81. The molecule has 1 aliphatic heterocycles. The summed E-state index contributed by atoms with van der Waals surface area (Å²) >= 11 is 0. The number of hydrogen-bond acceptors (Lipinski definition) is 4. The summed E-state index contributed by atoms with van der Waals surface area (Å²) in [6, 6.07) is 9.48. The molecule has 25 heavy (non-hydrogen) atoms. The van der Waals surface area contributed by atoms with E-state index in [1.807, 2.05) is 37.4 Å². The quantitative estimate of drug-likeness (QED) is 0.663. The van der Waals surface area contributed by atoms with Crippen LogP contribution in [0.2, 0.25) is 0 Å². The molecule has 1 aliphatic rings. The second-order valence-electron chi connectivity index (χ2n) is 6.34. The van der Waals surface area contributed by atoms with Crippen LogP contribution in [0, 0.1) is 5.92 Å². The lowest BCUT2D eigenvalue weighted by molar-refractivity contribution is -0.136. The van der Waals surface area contributed by atoms with Crippen molar-refractivity contribution in [3.63, 3.8) is 0 Å². The van der Waals surface area contributed by atoms with Crippen molar-refractivity contribution in [2.45, 2.75) is 25.7 Å². The molecule has 1 aromatic carbocycles. The lowest BCUT2D eigenvalue weighted by Crippen LogP contribution is -2.46. The van der Waals surface area contributed by atoms with Crippen molar-refractivity contribution in [3.05, 3.63) is 30.3 Å². The zero-order valence-electron chi connectivity index (χ0n) is 15.0. The number of nitrogens with one attached hydrogen (secondary N) is 2. The first-order valence-electron chi connectivity index (χ1n) is 9.08. The molecule has 1 saturated heterocycles. The zero-order chi connectivity index (χ0) is 17.9. The largest absolute Gasteiger partial charge is 0.493 e. The summed E-state index contributed by atoms with van der Waals surface area (Å²) in [5.41, 5.74) is 0. The highest BCUT2D eigenvalue weighted by atomic mass is 16.5. The molecule has 2 N–H and O–H groups in total. The molecule has 0 bridgehead atoms. The molecule has 0 spiro atoms. The molecule has 1 atom stereocenters. The monoisotopic (exact) mass is 347 g/mol. The van der Waals surface area contributed by atoms with Crippen LogP contribution < -0.4 is 15.4 Å². The summed E-state index contributed by atoms with van der Waals surface area (Å²) in [6.07, 6.45) is 2.97. The van der Waals surface area contributed by atoms with Gasteiger partial charge in [-0.2, -0.15) is 0 Å². The first-order chi connectivity index (χ1) is 12.2. The molecular weight excluding hydrogens is 318 g/mol. The van der Waals surface area contributed by atoms with Crippen LogP contribution in [0.1, 0.15) is 25.7 Å². The van der Waals surface area contributed by atoms with E-state index in [4.69, 9.17) is 4.74 Å². The van der Waals surface area contributed by atoms with Crippen LogP contribution in [-0.2, 0) is 9.59 Å². The molecule has 1 heterocycles. The summed E-state index contributed by atoms with van der Waals surface area (Å²) in [7, 11) is 1.90. The number of hydrogen-bond donors (Lipinski definition) is 2. The molecule has 1 unspecified atom stereocenters. The second kappa shape index (κ2) is 10.7. The minimum absolute atomic E-state index is 0.0589. The van der Waals surface area contributed by atoms with Gasteiger partial charge >= 0.3 is 0 Å². The van der Waals surface area contributed by atoms with Gasteiger partial charge in [0, 0.05) is 19.6 Å². The molecule has 1 aromatic rings. The Morgan fingerprint density at radius 2 is 2.04 bits per heavy atom. The van der Waals surface area contributed by atoms with Crippen molar-refractivity contribution in [1.82, 2.24) is 15.5 Å². The number of nitrogens with zero attached hydrogens (tertiary/aromatic N) is 1. The van der Waals surface area contributed by atoms with Gasteiger partial charge in [0.25, 0.3) is 0 Å². The lowest BCUT2D eigenvalue weighted by atomic mass is 9.97. The third-order valence-corrected chi connectivity index (χ3v) is 4.38. The predicted molar refractivity (Wildman–Crippen MR) is 97.4 cm³/mol. The number of carbonyl (C=O) groups is 2. The van der Waals surface area contributed by atoms with E-state index in [1.54, 1.807) is 4.90 Å². The van der Waals surface area contributed by atoms with Crippen LogP contribution in [0.5, 0.6) is 5.75 Å². The number of amides is 2. The van der Waals surface area contributed by atoms with Gasteiger partial charge in [-0.05, 0) is 45.0 Å². The minimum atomic E-state index is -0.0951. The lowest BCUT2D eigenvalue weighted by Gasteiger charge is -2.32. The van der Waals surface area contributed by atoms with Gasteiger partial charge in [-0.3, -0.25) is 9.59 Å². The summed E-state index contributed by atoms with van der Waals surface area (Å²) in [5.74, 6) is 0.799. The zero-order valence-corrected chi connectivity index (χ0v) is 15.0. The molecule has 0 aliphatic carbocycles. The SMILES string of the molecule is CNCCCNC(=O)C1CCCN(C(=O)CCOc2ccccc2)C1. The van der Waals surface area contributed by atoms with E-state index in [-0.39, 0.29) is 17.7 Å². The van der Waals surface area contributed by atoms with E-state index >= 15 is 0 Å². The maximum Gasteiger partial charge on any atom is 0.226 e. The third-order valence-electron chi connectivity index (χ3n) is 4.38. The molecule has 0 saturated carbocycles. The smallest absolute Gasteiger partial charge is 0.226 e. The molecule has 0 aromatic heterocycles. The first kappa shape index (κ1) is 19.2. The third kappa shape index (κ3) is 6.74. The number of benzene rings is 1. The first-order valence-corrected chi connectivity index (χ1v) is 9.08. The number of para-hydroxylation sites is 1. The maximum absolute atomic E-state index is 12.4. The fraction of sp³-hybridized carbons (Fsp3) is 0.579. The standard InChI is InChI=1S/C19H29N3O3/c1-20-11-6-12-21-19(24)16-7-5-13-22(15-16)18(23)10-14-25-17-8-3-2-4-9-17/h2-4,8-9,16,20H,5-7,10-15H2,1H3,(H,21,24). The van der Waals surface area contributed by atoms with Gasteiger partial charge in [0.2, 0.25) is 11.8 Å². The van der Waals surface area contributed by atoms with E-state index in [9.17, 15) is 9.59 Å². The summed E-state index contributed by atoms with van der Waals surface area (Å²) in [6.45, 7) is 3.17. The number of rotatable bonds is 9. The fourth-order valence-corrected chi connectivity index (χ4v) is 2.97. The molecule has 1 fully saturated rings. The van der Waals surface area contributed by atoms with E-state index in [1.165, 1.54) is 0 Å². The van der Waals surface area contributed by atoms with Crippen molar-refractivity contribution >= 4 is 11.8 Å².